The van der Waals surface area contributed by atoms with Crippen LogP contribution in [0.3, 0.4) is 0 Å². The van der Waals surface area contributed by atoms with Crippen LogP contribution in [0.5, 0.6) is 11.5 Å². The highest BCUT2D eigenvalue weighted by Gasteiger charge is 2.12. The van der Waals surface area contributed by atoms with Crippen LogP contribution in [0.1, 0.15) is 11.3 Å². The first-order valence-electron chi connectivity index (χ1n) is 5.17. The van der Waals surface area contributed by atoms with Gasteiger partial charge in [0.05, 0.1) is 20.9 Å². The van der Waals surface area contributed by atoms with E-state index in [1.54, 1.807) is 18.2 Å². The zero-order valence-corrected chi connectivity index (χ0v) is 11.7. The van der Waals surface area contributed by atoms with Crippen LogP contribution in [-0.2, 0) is 0 Å². The van der Waals surface area contributed by atoms with Crippen molar-refractivity contribution in [1.29, 1.82) is 10.5 Å². The standard InChI is InChI=1S/C13H7IN4O/c14-9-4-8(6-15)5-10(17)13(9)19-12-2-1-3-18-11(12)7-16/h1-5H,17H2. The Morgan fingerprint density at radius 3 is 2.68 bits per heavy atom. The average Bonchev–Trinajstić information content (AvgIpc) is 2.43. The van der Waals surface area contributed by atoms with Crippen molar-refractivity contribution in [1.82, 2.24) is 4.98 Å². The number of nitrogen functional groups attached to an aromatic ring is 1. The number of benzene rings is 1. The molecular weight excluding hydrogens is 355 g/mol. The molecule has 0 radical (unpaired) electrons. The van der Waals surface area contributed by atoms with Gasteiger partial charge >= 0.3 is 0 Å². The topological polar surface area (TPSA) is 95.7 Å². The minimum absolute atomic E-state index is 0.182. The molecule has 0 saturated heterocycles. The van der Waals surface area contributed by atoms with Gasteiger partial charge in [-0.15, -0.1) is 0 Å². The molecule has 1 aromatic heterocycles. The predicted molar refractivity (Wildman–Crippen MR) is 77.3 cm³/mol. The van der Waals surface area contributed by atoms with Crippen molar-refractivity contribution in [3.8, 4) is 23.6 Å². The van der Waals surface area contributed by atoms with Crippen LogP contribution < -0.4 is 10.5 Å². The molecule has 5 nitrogen and oxygen atoms in total. The number of nitrogens with zero attached hydrogens (tertiary/aromatic N) is 3. The minimum Gasteiger partial charge on any atom is -0.451 e. The number of pyridine rings is 1. The third-order valence-corrected chi connectivity index (χ3v) is 3.09. The molecule has 0 aliphatic heterocycles. The van der Waals surface area contributed by atoms with E-state index in [0.717, 1.165) is 0 Å². The Hall–Kier alpha value is -2.32. The summed E-state index contributed by atoms with van der Waals surface area (Å²) in [5, 5.41) is 17.8. The fourth-order valence-electron chi connectivity index (χ4n) is 1.45. The van der Waals surface area contributed by atoms with Gasteiger partial charge in [-0.05, 0) is 46.9 Å². The second kappa shape index (κ2) is 5.55. The van der Waals surface area contributed by atoms with Gasteiger partial charge in [0, 0.05) is 6.20 Å². The summed E-state index contributed by atoms with van der Waals surface area (Å²) in [4.78, 5) is 3.90. The maximum Gasteiger partial charge on any atom is 0.183 e. The van der Waals surface area contributed by atoms with Crippen molar-refractivity contribution in [2.45, 2.75) is 0 Å². The summed E-state index contributed by atoms with van der Waals surface area (Å²) in [5.41, 5.74) is 6.84. The van der Waals surface area contributed by atoms with E-state index in [-0.39, 0.29) is 5.69 Å². The number of halogens is 1. The lowest BCUT2D eigenvalue weighted by molar-refractivity contribution is 0.477. The van der Waals surface area contributed by atoms with Crippen molar-refractivity contribution in [2.24, 2.45) is 0 Å². The fourth-order valence-corrected chi connectivity index (χ4v) is 2.21. The Morgan fingerprint density at radius 1 is 1.26 bits per heavy atom. The van der Waals surface area contributed by atoms with Gasteiger partial charge < -0.3 is 10.5 Å². The molecule has 0 fully saturated rings. The normalized spacial score (nSPS) is 9.42. The molecule has 0 aliphatic rings. The molecule has 19 heavy (non-hydrogen) atoms. The molecule has 0 atom stereocenters. The van der Waals surface area contributed by atoms with Crippen molar-refractivity contribution in [3.63, 3.8) is 0 Å². The first kappa shape index (κ1) is 13.1. The Morgan fingerprint density at radius 2 is 2.05 bits per heavy atom. The molecule has 1 heterocycles. The molecule has 1 aromatic carbocycles. The highest BCUT2D eigenvalue weighted by Crippen LogP contribution is 2.34. The van der Waals surface area contributed by atoms with E-state index in [0.29, 0.717) is 26.3 Å². The van der Waals surface area contributed by atoms with Crippen molar-refractivity contribution >= 4 is 28.3 Å². The monoisotopic (exact) mass is 362 g/mol. The van der Waals surface area contributed by atoms with Crippen LogP contribution in [0.15, 0.2) is 30.5 Å². The van der Waals surface area contributed by atoms with Crippen LogP contribution in [0.25, 0.3) is 0 Å². The zero-order chi connectivity index (χ0) is 13.8. The van der Waals surface area contributed by atoms with Gasteiger partial charge in [0.2, 0.25) is 0 Å². The number of hydrogen-bond donors (Lipinski definition) is 1. The van der Waals surface area contributed by atoms with Crippen molar-refractivity contribution in [2.75, 3.05) is 5.73 Å². The SMILES string of the molecule is N#Cc1cc(N)c(Oc2cccnc2C#N)c(I)c1. The number of rotatable bonds is 2. The predicted octanol–water partition coefficient (Wildman–Crippen LogP) is 2.80. The second-order valence-electron chi connectivity index (χ2n) is 3.55. The molecule has 2 rings (SSSR count). The van der Waals surface area contributed by atoms with E-state index < -0.39 is 0 Å². The highest BCUT2D eigenvalue weighted by molar-refractivity contribution is 14.1. The van der Waals surface area contributed by atoms with Crippen molar-refractivity contribution in [3.05, 3.63) is 45.3 Å². The van der Waals surface area contributed by atoms with Crippen LogP contribution in [0.4, 0.5) is 5.69 Å². The van der Waals surface area contributed by atoms with Gasteiger partial charge in [-0.25, -0.2) is 4.98 Å². The highest BCUT2D eigenvalue weighted by atomic mass is 127. The van der Waals surface area contributed by atoms with Crippen LogP contribution in [-0.4, -0.2) is 4.98 Å². The van der Waals surface area contributed by atoms with E-state index in [1.165, 1.54) is 12.3 Å². The third kappa shape index (κ3) is 2.75. The number of anilines is 1. The minimum atomic E-state index is 0.182. The summed E-state index contributed by atoms with van der Waals surface area (Å²) in [6.07, 6.45) is 1.51. The molecule has 0 unspecified atom stereocenters. The number of aromatic nitrogens is 1. The summed E-state index contributed by atoms with van der Waals surface area (Å²) >= 11 is 2.03. The molecule has 2 aromatic rings. The summed E-state index contributed by atoms with van der Waals surface area (Å²) < 4.78 is 6.33. The number of nitriles is 2. The summed E-state index contributed by atoms with van der Waals surface area (Å²) in [6.45, 7) is 0. The van der Waals surface area contributed by atoms with Crippen LogP contribution >= 0.6 is 22.6 Å². The zero-order valence-electron chi connectivity index (χ0n) is 9.59. The molecule has 0 spiro atoms. The maximum absolute atomic E-state index is 8.95. The smallest absolute Gasteiger partial charge is 0.183 e. The lowest BCUT2D eigenvalue weighted by atomic mass is 10.2. The molecule has 0 bridgehead atoms. The lowest BCUT2D eigenvalue weighted by Crippen LogP contribution is -1.98. The first-order chi connectivity index (χ1) is 9.15. The molecule has 6 heteroatoms. The molecule has 2 N–H and O–H groups in total. The fraction of sp³-hybridized carbons (Fsp3) is 0. The molecule has 0 aliphatic carbocycles. The van der Waals surface area contributed by atoms with Crippen LogP contribution in [0, 0.1) is 26.2 Å². The Bertz CT molecular complexity index is 692. The Kier molecular flexibility index (Phi) is 3.83. The molecule has 0 amide bonds. The van der Waals surface area contributed by atoms with Crippen LogP contribution in [0.2, 0.25) is 0 Å². The average molecular weight is 362 g/mol. The molecule has 0 saturated carbocycles. The Labute approximate surface area is 123 Å². The molecular formula is C13H7IN4O. The van der Waals surface area contributed by atoms with Gasteiger partial charge in [-0.1, -0.05) is 0 Å². The van der Waals surface area contributed by atoms with Gasteiger partial charge in [0.1, 0.15) is 6.07 Å². The number of nitrogens with two attached hydrogens (primary N) is 1. The third-order valence-electron chi connectivity index (χ3n) is 2.29. The van der Waals surface area contributed by atoms with E-state index in [9.17, 15) is 0 Å². The van der Waals surface area contributed by atoms with Gasteiger partial charge in [-0.2, -0.15) is 10.5 Å². The summed E-state index contributed by atoms with van der Waals surface area (Å²) in [7, 11) is 0. The lowest BCUT2D eigenvalue weighted by Gasteiger charge is -2.11. The number of ether oxygens (including phenoxy) is 1. The summed E-state index contributed by atoms with van der Waals surface area (Å²) in [6, 6.07) is 10.5. The van der Waals surface area contributed by atoms with Gasteiger partial charge in [0.25, 0.3) is 0 Å². The largest absolute Gasteiger partial charge is 0.451 e. The van der Waals surface area contributed by atoms with Gasteiger partial charge in [0.15, 0.2) is 17.2 Å². The van der Waals surface area contributed by atoms with E-state index in [2.05, 4.69) is 4.98 Å². The Balaban J connectivity index is 2.45. The maximum atomic E-state index is 8.95. The first-order valence-corrected chi connectivity index (χ1v) is 6.25. The number of hydrogen-bond acceptors (Lipinski definition) is 5. The van der Waals surface area contributed by atoms with E-state index in [4.69, 9.17) is 21.0 Å². The van der Waals surface area contributed by atoms with Crippen molar-refractivity contribution < 1.29 is 4.74 Å². The second-order valence-corrected chi connectivity index (χ2v) is 4.71. The van der Waals surface area contributed by atoms with Gasteiger partial charge in [-0.3, -0.25) is 0 Å². The van der Waals surface area contributed by atoms with E-state index >= 15 is 0 Å². The molecule has 92 valence electrons. The summed E-state index contributed by atoms with van der Waals surface area (Å²) in [5.74, 6) is 0.753. The van der Waals surface area contributed by atoms with E-state index in [1.807, 2.05) is 34.7 Å². The quantitative estimate of drug-likeness (QED) is 0.655.